The summed E-state index contributed by atoms with van der Waals surface area (Å²) in [4.78, 5) is 23.6. The number of halogens is 1. The summed E-state index contributed by atoms with van der Waals surface area (Å²) in [5, 5.41) is 8.51. The van der Waals surface area contributed by atoms with Gasteiger partial charge >= 0.3 is 5.97 Å². The number of hydrogen-bond donors (Lipinski definition) is 1. The van der Waals surface area contributed by atoms with Crippen LogP contribution in [0.3, 0.4) is 0 Å². The second kappa shape index (κ2) is 4.53. The average molecular weight is 237 g/mol. The lowest BCUT2D eigenvalue weighted by molar-refractivity contribution is -0.138. The number of anilines is 1. The number of fused-ring (bicyclic) bond motifs is 1. The summed E-state index contributed by atoms with van der Waals surface area (Å²) >= 11 is 0. The number of hydrogen-bond acceptors (Lipinski definition) is 2. The van der Waals surface area contributed by atoms with Crippen LogP contribution in [0.4, 0.5) is 10.1 Å². The molecule has 0 unspecified atom stereocenters. The number of carbonyl (C=O) groups is 2. The maximum atomic E-state index is 13.4. The molecular formula is C12H12FNO3. The zero-order chi connectivity index (χ0) is 12.4. The van der Waals surface area contributed by atoms with E-state index in [-0.39, 0.29) is 24.6 Å². The number of nitrogens with zero attached hydrogens (tertiary/aromatic N) is 1. The molecule has 1 aliphatic heterocycles. The Morgan fingerprint density at radius 1 is 1.35 bits per heavy atom. The van der Waals surface area contributed by atoms with Gasteiger partial charge in [0.05, 0.1) is 6.42 Å². The van der Waals surface area contributed by atoms with Crippen molar-refractivity contribution in [1.29, 1.82) is 0 Å². The van der Waals surface area contributed by atoms with Crippen LogP contribution < -0.4 is 4.90 Å². The van der Waals surface area contributed by atoms with Crippen LogP contribution in [-0.2, 0) is 16.0 Å². The van der Waals surface area contributed by atoms with E-state index in [1.807, 2.05) is 0 Å². The van der Waals surface area contributed by atoms with Crippen LogP contribution in [0.1, 0.15) is 18.4 Å². The second-order valence-electron chi connectivity index (χ2n) is 3.93. The molecule has 0 aliphatic carbocycles. The Balaban J connectivity index is 2.14. The van der Waals surface area contributed by atoms with Gasteiger partial charge in [-0.2, -0.15) is 0 Å². The molecule has 0 atom stereocenters. The van der Waals surface area contributed by atoms with E-state index in [0.29, 0.717) is 24.2 Å². The van der Waals surface area contributed by atoms with Gasteiger partial charge in [-0.25, -0.2) is 4.39 Å². The summed E-state index contributed by atoms with van der Waals surface area (Å²) in [6, 6.07) is 4.60. The summed E-state index contributed by atoms with van der Waals surface area (Å²) in [6.07, 6.45) is 0.242. The smallest absolute Gasteiger partial charge is 0.303 e. The van der Waals surface area contributed by atoms with Crippen molar-refractivity contribution in [2.24, 2.45) is 0 Å². The Morgan fingerprint density at radius 2 is 2.12 bits per heavy atom. The van der Waals surface area contributed by atoms with E-state index in [2.05, 4.69) is 0 Å². The van der Waals surface area contributed by atoms with E-state index >= 15 is 0 Å². The lowest BCUT2D eigenvalue weighted by atomic mass is 10.1. The molecule has 5 heteroatoms. The van der Waals surface area contributed by atoms with E-state index in [0.717, 1.165) is 0 Å². The molecule has 1 aromatic carbocycles. The summed E-state index contributed by atoms with van der Waals surface area (Å²) in [5.41, 5.74) is 1.11. The molecule has 2 rings (SSSR count). The first-order chi connectivity index (χ1) is 8.09. The number of carboxylic acid groups (broad SMARTS) is 1. The predicted molar refractivity (Wildman–Crippen MR) is 59.3 cm³/mol. The average Bonchev–Trinajstić information content (AvgIpc) is 2.71. The Bertz CT molecular complexity index is 473. The van der Waals surface area contributed by atoms with Crippen molar-refractivity contribution < 1.29 is 19.1 Å². The van der Waals surface area contributed by atoms with Crippen LogP contribution >= 0.6 is 0 Å². The molecule has 90 valence electrons. The molecule has 0 spiro atoms. The van der Waals surface area contributed by atoms with Crippen LogP contribution in [0.15, 0.2) is 18.2 Å². The van der Waals surface area contributed by atoms with Crippen molar-refractivity contribution in [3.05, 3.63) is 29.6 Å². The maximum absolute atomic E-state index is 13.4. The largest absolute Gasteiger partial charge is 0.481 e. The summed E-state index contributed by atoms with van der Waals surface area (Å²) < 4.78 is 13.4. The standard InChI is InChI=1S/C12H12FNO3/c13-9-2-1-3-10-8(9)6-7-14(10)11(15)4-5-12(16)17/h1-3H,4-7H2,(H,16,17). The first-order valence-corrected chi connectivity index (χ1v) is 5.39. The number of rotatable bonds is 3. The van der Waals surface area contributed by atoms with Crippen molar-refractivity contribution in [3.63, 3.8) is 0 Å². The molecule has 0 fully saturated rings. The van der Waals surface area contributed by atoms with Crippen molar-refractivity contribution in [2.45, 2.75) is 19.3 Å². The van der Waals surface area contributed by atoms with Gasteiger partial charge in [-0.15, -0.1) is 0 Å². The molecule has 0 saturated heterocycles. The van der Waals surface area contributed by atoms with E-state index < -0.39 is 5.97 Å². The summed E-state index contributed by atoms with van der Waals surface area (Å²) in [7, 11) is 0. The normalized spacial score (nSPS) is 13.6. The number of amides is 1. The van der Waals surface area contributed by atoms with Gasteiger partial charge in [0.25, 0.3) is 0 Å². The molecule has 1 amide bonds. The molecule has 1 aromatic rings. The highest BCUT2D eigenvalue weighted by molar-refractivity contribution is 5.96. The molecule has 1 N–H and O–H groups in total. The predicted octanol–water partition coefficient (Wildman–Crippen LogP) is 1.58. The third kappa shape index (κ3) is 2.27. The van der Waals surface area contributed by atoms with Gasteiger partial charge in [0.15, 0.2) is 0 Å². The molecule has 0 aromatic heterocycles. The summed E-state index contributed by atoms with van der Waals surface area (Å²) in [5.74, 6) is -1.58. The number of carboxylic acids is 1. The van der Waals surface area contributed by atoms with Gasteiger partial charge < -0.3 is 10.0 Å². The Labute approximate surface area is 97.7 Å². The second-order valence-corrected chi connectivity index (χ2v) is 3.93. The Hall–Kier alpha value is -1.91. The molecule has 4 nitrogen and oxygen atoms in total. The van der Waals surface area contributed by atoms with Gasteiger partial charge in [-0.3, -0.25) is 9.59 Å². The minimum absolute atomic E-state index is 0.0503. The van der Waals surface area contributed by atoms with Crippen LogP contribution in [0.5, 0.6) is 0 Å². The molecule has 0 bridgehead atoms. The number of aliphatic carboxylic acids is 1. The maximum Gasteiger partial charge on any atom is 0.303 e. The van der Waals surface area contributed by atoms with Crippen molar-refractivity contribution in [2.75, 3.05) is 11.4 Å². The van der Waals surface area contributed by atoms with Gasteiger partial charge in [0.2, 0.25) is 5.91 Å². The fourth-order valence-corrected chi connectivity index (χ4v) is 2.00. The zero-order valence-electron chi connectivity index (χ0n) is 9.15. The first kappa shape index (κ1) is 11.6. The molecule has 0 radical (unpaired) electrons. The third-order valence-electron chi connectivity index (χ3n) is 2.82. The monoisotopic (exact) mass is 237 g/mol. The topological polar surface area (TPSA) is 57.6 Å². The van der Waals surface area contributed by atoms with Crippen LogP contribution in [0, 0.1) is 5.82 Å². The lowest BCUT2D eigenvalue weighted by Gasteiger charge is -2.16. The number of carbonyl (C=O) groups excluding carboxylic acids is 1. The summed E-state index contributed by atoms with van der Waals surface area (Å²) in [6.45, 7) is 0.425. The van der Waals surface area contributed by atoms with Crippen molar-refractivity contribution in [3.8, 4) is 0 Å². The van der Waals surface area contributed by atoms with E-state index in [1.165, 1.54) is 11.0 Å². The van der Waals surface area contributed by atoms with Gasteiger partial charge in [-0.05, 0) is 18.6 Å². The van der Waals surface area contributed by atoms with Crippen molar-refractivity contribution >= 4 is 17.6 Å². The zero-order valence-corrected chi connectivity index (χ0v) is 9.15. The van der Waals surface area contributed by atoms with Crippen molar-refractivity contribution in [1.82, 2.24) is 0 Å². The van der Waals surface area contributed by atoms with Crippen LogP contribution in [0.25, 0.3) is 0 Å². The minimum atomic E-state index is -1.00. The Morgan fingerprint density at radius 3 is 2.82 bits per heavy atom. The van der Waals surface area contributed by atoms with E-state index in [4.69, 9.17) is 5.11 Å². The number of benzene rings is 1. The fourth-order valence-electron chi connectivity index (χ4n) is 2.00. The first-order valence-electron chi connectivity index (χ1n) is 5.39. The molecule has 0 saturated carbocycles. The molecule has 1 heterocycles. The van der Waals surface area contributed by atoms with Gasteiger partial charge in [0, 0.05) is 24.2 Å². The van der Waals surface area contributed by atoms with Crippen LogP contribution in [-0.4, -0.2) is 23.5 Å². The SMILES string of the molecule is O=C(O)CCC(=O)N1CCc2c(F)cccc21. The molecule has 17 heavy (non-hydrogen) atoms. The highest BCUT2D eigenvalue weighted by Gasteiger charge is 2.26. The lowest BCUT2D eigenvalue weighted by Crippen LogP contribution is -2.29. The van der Waals surface area contributed by atoms with E-state index in [9.17, 15) is 14.0 Å². The minimum Gasteiger partial charge on any atom is -0.481 e. The Kier molecular flexibility index (Phi) is 3.08. The highest BCUT2D eigenvalue weighted by atomic mass is 19.1. The van der Waals surface area contributed by atoms with Gasteiger partial charge in [0.1, 0.15) is 5.82 Å². The van der Waals surface area contributed by atoms with E-state index in [1.54, 1.807) is 12.1 Å². The highest BCUT2D eigenvalue weighted by Crippen LogP contribution is 2.30. The fraction of sp³-hybridized carbons (Fsp3) is 0.333. The van der Waals surface area contributed by atoms with Gasteiger partial charge in [-0.1, -0.05) is 6.07 Å². The quantitative estimate of drug-likeness (QED) is 0.868. The third-order valence-corrected chi connectivity index (χ3v) is 2.82. The van der Waals surface area contributed by atoms with Crippen LogP contribution in [0.2, 0.25) is 0 Å². The molecular weight excluding hydrogens is 225 g/mol. The molecule has 1 aliphatic rings.